The van der Waals surface area contributed by atoms with Crippen molar-refractivity contribution < 1.29 is 33.2 Å². The van der Waals surface area contributed by atoms with Gasteiger partial charge in [0.1, 0.15) is 29.2 Å². The molecule has 0 saturated carbocycles. The maximum atomic E-state index is 13.5. The predicted molar refractivity (Wildman–Crippen MR) is 113 cm³/mol. The van der Waals surface area contributed by atoms with Crippen molar-refractivity contribution >= 4 is 17.6 Å². The van der Waals surface area contributed by atoms with Crippen LogP contribution in [0.25, 0.3) is 11.3 Å². The quantitative estimate of drug-likeness (QED) is 0.191. The van der Waals surface area contributed by atoms with Gasteiger partial charge in [-0.15, -0.1) is 5.10 Å². The van der Waals surface area contributed by atoms with Gasteiger partial charge in [-0.1, -0.05) is 17.0 Å². The molecule has 0 fully saturated rings. The molecule has 0 amide bonds. The molecule has 33 heavy (non-hydrogen) atoms. The van der Waals surface area contributed by atoms with Crippen molar-refractivity contribution in [2.24, 2.45) is 0 Å². The highest BCUT2D eigenvalue weighted by Gasteiger charge is 2.28. The van der Waals surface area contributed by atoms with Gasteiger partial charge in [0, 0.05) is 16.7 Å². The lowest BCUT2D eigenvalue weighted by atomic mass is 10.1. The van der Waals surface area contributed by atoms with Crippen molar-refractivity contribution in [2.75, 3.05) is 12.3 Å². The zero-order chi connectivity index (χ0) is 24.1. The normalized spacial score (nSPS) is 15.2. The van der Waals surface area contributed by atoms with Crippen LogP contribution in [0.1, 0.15) is 6.92 Å². The van der Waals surface area contributed by atoms with E-state index in [2.05, 4.69) is 15.3 Å². The van der Waals surface area contributed by atoms with Gasteiger partial charge in [0.25, 0.3) is 0 Å². The van der Waals surface area contributed by atoms with Crippen LogP contribution < -0.4 is 5.73 Å². The van der Waals surface area contributed by atoms with E-state index in [1.807, 2.05) is 0 Å². The standard InChI is InChI=1S/C20H22F3N5O4S/c1-10(30)17(9-29)32-20(33-12-2-3-25-18(24)6-12)16(31)8-28-7-15(26-27-28)11-4-13(21)19(23)14(22)5-11/h2-7,10,16-17,20,29-31H,8-9H2,1H3,(H2,24,25)/t10-,16+,17?,20?/m1/s1. The second-order valence-corrected chi connectivity index (χ2v) is 8.32. The van der Waals surface area contributed by atoms with Crippen LogP contribution in [0.4, 0.5) is 19.0 Å². The molecular weight excluding hydrogens is 463 g/mol. The van der Waals surface area contributed by atoms with Crippen LogP contribution in [-0.2, 0) is 11.3 Å². The van der Waals surface area contributed by atoms with E-state index in [1.165, 1.54) is 24.0 Å². The van der Waals surface area contributed by atoms with Gasteiger partial charge in [-0.2, -0.15) is 0 Å². The number of hydrogen-bond donors (Lipinski definition) is 4. The Hall–Kier alpha value is -2.71. The minimum atomic E-state index is -1.59. The van der Waals surface area contributed by atoms with Gasteiger partial charge < -0.3 is 25.8 Å². The van der Waals surface area contributed by atoms with Crippen LogP contribution in [0.15, 0.2) is 41.6 Å². The molecule has 0 spiro atoms. The van der Waals surface area contributed by atoms with Gasteiger partial charge in [-0.05, 0) is 31.2 Å². The van der Waals surface area contributed by atoms with Crippen LogP contribution in [0.3, 0.4) is 0 Å². The molecule has 3 aromatic rings. The van der Waals surface area contributed by atoms with Gasteiger partial charge in [-0.3, -0.25) is 0 Å². The Morgan fingerprint density at radius 2 is 1.88 bits per heavy atom. The van der Waals surface area contributed by atoms with Gasteiger partial charge in [0.2, 0.25) is 0 Å². The molecule has 2 aromatic heterocycles. The lowest BCUT2D eigenvalue weighted by molar-refractivity contribution is -0.0972. The maximum absolute atomic E-state index is 13.5. The molecule has 3 rings (SSSR count). The number of aromatic nitrogens is 4. The SMILES string of the molecule is C[C@@H](O)C(CO)OC(Sc1ccnc(N)c1)[C@@H](O)Cn1cc(-c2cc(F)c(F)c(F)c2)nn1. The van der Waals surface area contributed by atoms with Gasteiger partial charge in [0.15, 0.2) is 17.5 Å². The number of halogens is 3. The summed E-state index contributed by atoms with van der Waals surface area (Å²) >= 11 is 1.08. The van der Waals surface area contributed by atoms with E-state index in [1.54, 1.807) is 12.1 Å². The molecule has 2 heterocycles. The number of nitrogen functional groups attached to an aromatic ring is 1. The van der Waals surface area contributed by atoms with Crippen molar-refractivity contribution in [1.82, 2.24) is 20.0 Å². The highest BCUT2D eigenvalue weighted by Crippen LogP contribution is 2.29. The Morgan fingerprint density at radius 3 is 2.48 bits per heavy atom. The van der Waals surface area contributed by atoms with Gasteiger partial charge in [-0.25, -0.2) is 22.8 Å². The molecule has 0 aliphatic heterocycles. The fraction of sp³-hybridized carbons (Fsp3) is 0.350. The highest BCUT2D eigenvalue weighted by molar-refractivity contribution is 7.99. The summed E-state index contributed by atoms with van der Waals surface area (Å²) in [6.45, 7) is 0.786. The van der Waals surface area contributed by atoms with E-state index in [4.69, 9.17) is 10.5 Å². The van der Waals surface area contributed by atoms with Crippen LogP contribution in [0, 0.1) is 17.5 Å². The maximum Gasteiger partial charge on any atom is 0.194 e. The number of nitrogens with two attached hydrogens (primary N) is 1. The zero-order valence-electron chi connectivity index (χ0n) is 17.3. The molecule has 1 aromatic carbocycles. The van der Waals surface area contributed by atoms with Crippen molar-refractivity contribution in [3.05, 3.63) is 54.1 Å². The first kappa shape index (κ1) is 24.9. The van der Waals surface area contributed by atoms with Crippen molar-refractivity contribution in [2.45, 2.75) is 42.1 Å². The number of pyridine rings is 1. The smallest absolute Gasteiger partial charge is 0.194 e. The van der Waals surface area contributed by atoms with Crippen LogP contribution in [-0.4, -0.2) is 65.7 Å². The monoisotopic (exact) mass is 485 g/mol. The predicted octanol–water partition coefficient (Wildman–Crippen LogP) is 1.58. The Kier molecular flexibility index (Phi) is 8.26. The van der Waals surface area contributed by atoms with Crippen LogP contribution in [0.2, 0.25) is 0 Å². The molecule has 0 bridgehead atoms. The Bertz CT molecular complexity index is 1060. The lowest BCUT2D eigenvalue weighted by Crippen LogP contribution is -2.39. The second kappa shape index (κ2) is 10.9. The molecule has 4 atom stereocenters. The van der Waals surface area contributed by atoms with Crippen LogP contribution in [0.5, 0.6) is 0 Å². The molecule has 178 valence electrons. The summed E-state index contributed by atoms with van der Waals surface area (Å²) in [6, 6.07) is 4.78. The second-order valence-electron chi connectivity index (χ2n) is 7.15. The third kappa shape index (κ3) is 6.42. The number of nitrogens with zero attached hydrogens (tertiary/aromatic N) is 4. The minimum Gasteiger partial charge on any atom is -0.394 e. The number of ether oxygens (including phenoxy) is 1. The van der Waals surface area contributed by atoms with E-state index in [0.29, 0.717) is 4.90 Å². The molecule has 0 aliphatic carbocycles. The molecule has 0 saturated heterocycles. The van der Waals surface area contributed by atoms with E-state index in [9.17, 15) is 28.5 Å². The number of aliphatic hydroxyl groups excluding tert-OH is 3. The molecule has 0 radical (unpaired) electrons. The van der Waals surface area contributed by atoms with Gasteiger partial charge in [0.05, 0.1) is 25.5 Å². The minimum absolute atomic E-state index is 0.0315. The Morgan fingerprint density at radius 1 is 1.18 bits per heavy atom. The topological polar surface area (TPSA) is 140 Å². The molecule has 9 nitrogen and oxygen atoms in total. The Balaban J connectivity index is 1.79. The summed E-state index contributed by atoms with van der Waals surface area (Å²) in [5, 5.41) is 37.8. The number of anilines is 1. The van der Waals surface area contributed by atoms with E-state index in [0.717, 1.165) is 23.9 Å². The first-order valence-corrected chi connectivity index (χ1v) is 10.6. The van der Waals surface area contributed by atoms with E-state index >= 15 is 0 Å². The number of rotatable bonds is 10. The van der Waals surface area contributed by atoms with Crippen molar-refractivity contribution in [3.8, 4) is 11.3 Å². The average Bonchev–Trinajstić information content (AvgIpc) is 3.22. The van der Waals surface area contributed by atoms with Crippen LogP contribution >= 0.6 is 11.8 Å². The molecule has 2 unspecified atom stereocenters. The summed E-state index contributed by atoms with van der Waals surface area (Å²) in [6.07, 6.45) is -0.431. The number of hydrogen-bond acceptors (Lipinski definition) is 9. The number of benzene rings is 1. The Labute approximate surface area is 191 Å². The number of thioether (sulfide) groups is 1. The fourth-order valence-electron chi connectivity index (χ4n) is 2.81. The molecule has 13 heteroatoms. The van der Waals surface area contributed by atoms with E-state index < -0.39 is 47.8 Å². The molecular formula is C20H22F3N5O4S. The third-order valence-electron chi connectivity index (χ3n) is 4.54. The molecule has 5 N–H and O–H groups in total. The average molecular weight is 485 g/mol. The first-order valence-electron chi connectivity index (χ1n) is 9.73. The summed E-state index contributed by atoms with van der Waals surface area (Å²) in [5.74, 6) is -4.07. The van der Waals surface area contributed by atoms with Gasteiger partial charge >= 0.3 is 0 Å². The first-order chi connectivity index (χ1) is 15.7. The fourth-order valence-corrected chi connectivity index (χ4v) is 3.85. The third-order valence-corrected chi connectivity index (χ3v) is 5.72. The summed E-state index contributed by atoms with van der Waals surface area (Å²) in [4.78, 5) is 4.51. The summed E-state index contributed by atoms with van der Waals surface area (Å²) in [7, 11) is 0. The largest absolute Gasteiger partial charge is 0.394 e. The van der Waals surface area contributed by atoms with Crippen molar-refractivity contribution in [1.29, 1.82) is 0 Å². The summed E-state index contributed by atoms with van der Waals surface area (Å²) < 4.78 is 47.2. The zero-order valence-corrected chi connectivity index (χ0v) is 18.2. The van der Waals surface area contributed by atoms with E-state index in [-0.39, 0.29) is 23.6 Å². The highest BCUT2D eigenvalue weighted by atomic mass is 32.2. The molecule has 0 aliphatic rings. The lowest BCUT2D eigenvalue weighted by Gasteiger charge is -2.28. The summed E-state index contributed by atoms with van der Waals surface area (Å²) in [5.41, 5.74) is 4.74. The number of aliphatic hydroxyl groups is 3. The van der Waals surface area contributed by atoms with Crippen molar-refractivity contribution in [3.63, 3.8) is 0 Å².